The summed E-state index contributed by atoms with van der Waals surface area (Å²) < 4.78 is 36.6. The maximum absolute atomic E-state index is 12.2. The molecule has 7 heteroatoms. The number of carbonyl (C=O) groups excluding carboxylic acids is 1. The number of hydrogen-bond acceptors (Lipinski definition) is 2. The van der Waals surface area contributed by atoms with Crippen molar-refractivity contribution < 1.29 is 18.0 Å². The molecule has 0 N–H and O–H groups in total. The second kappa shape index (κ2) is 5.87. The van der Waals surface area contributed by atoms with Crippen LogP contribution < -0.4 is 0 Å². The van der Waals surface area contributed by atoms with E-state index >= 15 is 0 Å². The number of nitrogens with zero attached hydrogens (tertiary/aromatic N) is 2. The molecule has 21 heavy (non-hydrogen) atoms. The Morgan fingerprint density at radius 1 is 1.38 bits per heavy atom. The molecule has 1 aromatic heterocycles. The van der Waals surface area contributed by atoms with Crippen LogP contribution in [0, 0.1) is 13.8 Å². The van der Waals surface area contributed by atoms with Crippen molar-refractivity contribution in [2.24, 2.45) is 0 Å². The minimum absolute atomic E-state index is 0.297. The molecule has 0 atom stereocenters. The number of rotatable bonds is 2. The number of fused-ring (bicyclic) bond motifs is 1. The van der Waals surface area contributed by atoms with Crippen LogP contribution in [-0.2, 0) is 13.0 Å². The van der Waals surface area contributed by atoms with Crippen molar-refractivity contribution >= 4 is 17.4 Å². The van der Waals surface area contributed by atoms with Crippen LogP contribution in [0.5, 0.6) is 0 Å². The van der Waals surface area contributed by atoms with Gasteiger partial charge in [-0.3, -0.25) is 0 Å². The van der Waals surface area contributed by atoms with Crippen molar-refractivity contribution in [3.8, 4) is 0 Å². The van der Waals surface area contributed by atoms with Crippen LogP contribution >= 0.6 is 11.3 Å². The fraction of sp³-hybridized carbons (Fsp3) is 0.643. The smallest absolute Gasteiger partial charge is 0.327 e. The van der Waals surface area contributed by atoms with Gasteiger partial charge in [-0.05, 0) is 31.4 Å². The van der Waals surface area contributed by atoms with E-state index in [9.17, 15) is 18.0 Å². The Bertz CT molecular complexity index is 539. The second-order valence-corrected chi connectivity index (χ2v) is 6.74. The number of urea groups is 1. The first kappa shape index (κ1) is 16.1. The molecular weight excluding hydrogens is 301 g/mol. The van der Waals surface area contributed by atoms with Gasteiger partial charge in [-0.15, -0.1) is 11.3 Å². The lowest BCUT2D eigenvalue weighted by Crippen LogP contribution is -2.44. The molecule has 118 valence electrons. The molecule has 0 bridgehead atoms. The number of alkyl halides is 3. The molecule has 2 heterocycles. The zero-order valence-electron chi connectivity index (χ0n) is 12.4. The Morgan fingerprint density at radius 2 is 2.05 bits per heavy atom. The topological polar surface area (TPSA) is 23.6 Å². The first-order chi connectivity index (χ1) is 9.69. The molecule has 0 unspecified atom stereocenters. The first-order valence-electron chi connectivity index (χ1n) is 6.83. The van der Waals surface area contributed by atoms with E-state index in [0.717, 1.165) is 16.2 Å². The molecule has 0 aliphatic carbocycles. The summed E-state index contributed by atoms with van der Waals surface area (Å²) in [4.78, 5) is 17.4. The van der Waals surface area contributed by atoms with E-state index in [1.54, 1.807) is 16.2 Å². The van der Waals surface area contributed by atoms with E-state index in [0.29, 0.717) is 13.1 Å². The molecule has 0 aromatic carbocycles. The molecule has 1 aliphatic rings. The van der Waals surface area contributed by atoms with E-state index in [1.807, 2.05) is 0 Å². The summed E-state index contributed by atoms with van der Waals surface area (Å²) in [5, 5.41) is 0. The quantitative estimate of drug-likeness (QED) is 0.814. The van der Waals surface area contributed by atoms with Gasteiger partial charge in [-0.25, -0.2) is 4.79 Å². The van der Waals surface area contributed by atoms with Gasteiger partial charge in [-0.2, -0.15) is 13.2 Å². The van der Waals surface area contributed by atoms with Crippen LogP contribution in [0.15, 0.2) is 0 Å². The lowest BCUT2D eigenvalue weighted by atomic mass is 10.0. The highest BCUT2D eigenvalue weighted by Crippen LogP contribution is 2.32. The third-order valence-electron chi connectivity index (χ3n) is 3.89. The van der Waals surface area contributed by atoms with Crippen molar-refractivity contribution in [2.75, 3.05) is 20.1 Å². The maximum Gasteiger partial charge on any atom is 0.390 e. The highest BCUT2D eigenvalue weighted by molar-refractivity contribution is 7.12. The lowest BCUT2D eigenvalue weighted by molar-refractivity contribution is -0.136. The summed E-state index contributed by atoms with van der Waals surface area (Å²) in [5.41, 5.74) is 2.59. The summed E-state index contributed by atoms with van der Waals surface area (Å²) in [7, 11) is 1.43. The van der Waals surface area contributed by atoms with E-state index in [4.69, 9.17) is 0 Å². The van der Waals surface area contributed by atoms with Gasteiger partial charge in [0.05, 0.1) is 13.0 Å². The number of carbonyl (C=O) groups is 1. The largest absolute Gasteiger partial charge is 0.390 e. The van der Waals surface area contributed by atoms with Crippen LogP contribution in [0.1, 0.15) is 27.3 Å². The van der Waals surface area contributed by atoms with Crippen LogP contribution in [0.25, 0.3) is 0 Å². The molecule has 2 rings (SSSR count). The average Bonchev–Trinajstić information content (AvgIpc) is 2.69. The number of hydrogen-bond donors (Lipinski definition) is 0. The average molecular weight is 320 g/mol. The Balaban J connectivity index is 1.99. The molecule has 0 saturated carbocycles. The Kier molecular flexibility index (Phi) is 4.51. The Hall–Kier alpha value is -1.24. The molecule has 0 spiro atoms. The number of amides is 2. The van der Waals surface area contributed by atoms with Crippen LogP contribution in [0.2, 0.25) is 0 Å². The van der Waals surface area contributed by atoms with Crippen molar-refractivity contribution in [3.05, 3.63) is 20.9 Å². The van der Waals surface area contributed by atoms with Crippen molar-refractivity contribution in [2.45, 2.75) is 39.4 Å². The molecule has 1 aliphatic heterocycles. The minimum Gasteiger partial charge on any atom is -0.327 e. The summed E-state index contributed by atoms with van der Waals surface area (Å²) in [5.74, 6) is 0. The van der Waals surface area contributed by atoms with E-state index in [1.165, 1.54) is 23.1 Å². The predicted octanol–water partition coefficient (Wildman–Crippen LogP) is 3.73. The number of halogens is 3. The summed E-state index contributed by atoms with van der Waals surface area (Å²) in [6.07, 6.45) is -4.42. The van der Waals surface area contributed by atoms with Crippen LogP contribution in [0.3, 0.4) is 0 Å². The van der Waals surface area contributed by atoms with Crippen LogP contribution in [0.4, 0.5) is 18.0 Å². The van der Waals surface area contributed by atoms with Gasteiger partial charge in [0, 0.05) is 29.9 Å². The van der Waals surface area contributed by atoms with Crippen molar-refractivity contribution in [1.82, 2.24) is 9.80 Å². The molecular formula is C14H19F3N2OS. The Morgan fingerprint density at radius 3 is 2.67 bits per heavy atom. The summed E-state index contributed by atoms with van der Waals surface area (Å²) >= 11 is 1.67. The highest BCUT2D eigenvalue weighted by Gasteiger charge is 2.30. The SMILES string of the molecule is Cc1sc2c(c1C)CCN(C(=O)N(C)CCC(F)(F)F)C2. The molecule has 3 nitrogen and oxygen atoms in total. The standard InChI is InChI=1S/C14H19F3N2OS/c1-9-10(2)21-12-8-19(6-4-11(9)12)13(20)18(3)7-5-14(15,16)17/h4-8H2,1-3H3. The van der Waals surface area contributed by atoms with Crippen molar-refractivity contribution in [1.29, 1.82) is 0 Å². The van der Waals surface area contributed by atoms with Crippen molar-refractivity contribution in [3.63, 3.8) is 0 Å². The summed E-state index contributed by atoms with van der Waals surface area (Å²) in [6.45, 7) is 4.91. The zero-order valence-corrected chi connectivity index (χ0v) is 13.2. The zero-order chi connectivity index (χ0) is 15.8. The fourth-order valence-corrected chi connectivity index (χ4v) is 3.74. The normalized spacial score (nSPS) is 15.0. The monoisotopic (exact) mass is 320 g/mol. The van der Waals surface area contributed by atoms with Gasteiger partial charge < -0.3 is 9.80 Å². The van der Waals surface area contributed by atoms with Gasteiger partial charge in [0.2, 0.25) is 0 Å². The second-order valence-electron chi connectivity index (χ2n) is 5.43. The molecule has 0 fully saturated rings. The minimum atomic E-state index is -4.23. The molecule has 0 radical (unpaired) electrons. The van der Waals surface area contributed by atoms with Gasteiger partial charge in [0.15, 0.2) is 0 Å². The molecule has 2 amide bonds. The van der Waals surface area contributed by atoms with E-state index in [2.05, 4.69) is 13.8 Å². The first-order valence-corrected chi connectivity index (χ1v) is 7.65. The number of thiophene rings is 1. The Labute approximate surface area is 126 Å². The van der Waals surface area contributed by atoms with E-state index in [-0.39, 0.29) is 12.6 Å². The molecule has 0 saturated heterocycles. The predicted molar refractivity (Wildman–Crippen MR) is 76.6 cm³/mol. The van der Waals surface area contributed by atoms with Crippen LogP contribution in [-0.4, -0.2) is 42.1 Å². The van der Waals surface area contributed by atoms with Gasteiger partial charge in [0.25, 0.3) is 0 Å². The lowest BCUT2D eigenvalue weighted by Gasteiger charge is -2.31. The third kappa shape index (κ3) is 3.70. The number of aryl methyl sites for hydroxylation is 1. The van der Waals surface area contributed by atoms with Gasteiger partial charge >= 0.3 is 12.2 Å². The van der Waals surface area contributed by atoms with E-state index < -0.39 is 12.6 Å². The molecule has 1 aromatic rings. The van der Waals surface area contributed by atoms with Gasteiger partial charge in [-0.1, -0.05) is 0 Å². The fourth-order valence-electron chi connectivity index (χ4n) is 2.49. The highest BCUT2D eigenvalue weighted by atomic mass is 32.1. The maximum atomic E-state index is 12.2. The third-order valence-corrected chi connectivity index (χ3v) is 5.12. The summed E-state index contributed by atoms with van der Waals surface area (Å²) in [6, 6.07) is -0.325. The van der Waals surface area contributed by atoms with Gasteiger partial charge in [0.1, 0.15) is 0 Å².